The van der Waals surface area contributed by atoms with Gasteiger partial charge in [0.2, 0.25) is 5.91 Å². The Labute approximate surface area is 437 Å². The van der Waals surface area contributed by atoms with Crippen LogP contribution in [0, 0.1) is 0 Å². The number of ether oxygens (including phenoxy) is 4. The van der Waals surface area contributed by atoms with E-state index in [1.807, 2.05) is 6.08 Å². The fourth-order valence-corrected chi connectivity index (χ4v) is 10.1. The van der Waals surface area contributed by atoms with E-state index in [1.165, 1.54) is 193 Å². The van der Waals surface area contributed by atoms with Gasteiger partial charge >= 0.3 is 0 Å². The standard InChI is InChI=1S/C58H111NO13/c1-3-5-7-9-11-13-15-17-19-21-22-23-24-26-28-30-32-34-36-38-40-42-50(63)59-46(47(62)41-39-37-35-33-31-29-27-25-20-18-16-14-12-10-8-6-4-2)45-69-57-55(68)53(66)56(49(44-61)71-57)72-58-54(67)52(65)51(64)48(43-60)70-58/h39,41,46-49,51-58,60-62,64-68H,3-38,40,42-45H2,1-2H3,(H,59,63)/b41-39+/t46-,47+,48+,49+,51-,52?,53?,54?,55?,56+,57+,58-/m0/s1. The SMILES string of the molecule is CCCCCCCCCCCCCCCCC/C=C/[C@@H](O)[C@H](CO[C@@H]1O[C@H](CO)[C@@H](O[C@@H]2O[C@H](CO)[C@H](O)C(O)C2O)C(O)C1O)NC(=O)CCCCCCCCCCCCCCCCCCCCCCC. The zero-order chi connectivity index (χ0) is 52.4. The smallest absolute Gasteiger partial charge is 0.220 e. The normalized spacial score (nSPS) is 25.6. The molecule has 2 aliphatic heterocycles. The Morgan fingerprint density at radius 1 is 0.486 bits per heavy atom. The van der Waals surface area contributed by atoms with Gasteiger partial charge < -0.3 is 65.1 Å². The number of unbranched alkanes of at least 4 members (excludes halogenated alkanes) is 35. The van der Waals surface area contributed by atoms with Gasteiger partial charge in [-0.1, -0.05) is 244 Å². The van der Waals surface area contributed by atoms with Crippen LogP contribution in [0.25, 0.3) is 0 Å². The molecule has 14 heteroatoms. The van der Waals surface area contributed by atoms with Crippen LogP contribution in [-0.2, 0) is 23.7 Å². The van der Waals surface area contributed by atoms with Gasteiger partial charge in [-0.3, -0.25) is 4.79 Å². The fraction of sp³-hybridized carbons (Fsp3) is 0.948. The van der Waals surface area contributed by atoms with E-state index in [1.54, 1.807) is 6.08 Å². The number of carbonyl (C=O) groups excluding carboxylic acids is 1. The highest BCUT2D eigenvalue weighted by Crippen LogP contribution is 2.30. The maximum atomic E-state index is 13.3. The molecule has 1 amide bonds. The highest BCUT2D eigenvalue weighted by molar-refractivity contribution is 5.76. The van der Waals surface area contributed by atoms with Gasteiger partial charge in [0.25, 0.3) is 0 Å². The number of amides is 1. The van der Waals surface area contributed by atoms with E-state index in [-0.39, 0.29) is 18.9 Å². The third-order valence-corrected chi connectivity index (χ3v) is 15.0. The molecule has 14 nitrogen and oxygen atoms in total. The van der Waals surface area contributed by atoms with Crippen molar-refractivity contribution in [3.8, 4) is 0 Å². The molecule has 2 aliphatic rings. The zero-order valence-electron chi connectivity index (χ0n) is 45.7. The molecule has 2 fully saturated rings. The van der Waals surface area contributed by atoms with E-state index < -0.39 is 86.8 Å². The van der Waals surface area contributed by atoms with Crippen LogP contribution >= 0.6 is 0 Å². The molecular weight excluding hydrogens is 919 g/mol. The molecule has 0 aromatic rings. The monoisotopic (exact) mass is 1030 g/mol. The summed E-state index contributed by atoms with van der Waals surface area (Å²) in [7, 11) is 0. The molecule has 426 valence electrons. The number of hydrogen-bond donors (Lipinski definition) is 9. The summed E-state index contributed by atoms with van der Waals surface area (Å²) in [4.78, 5) is 13.3. The summed E-state index contributed by atoms with van der Waals surface area (Å²) in [5.41, 5.74) is 0. The average molecular weight is 1030 g/mol. The first kappa shape index (κ1) is 66.8. The molecular formula is C58H111NO13. The summed E-state index contributed by atoms with van der Waals surface area (Å²) in [6.45, 7) is 2.83. The predicted octanol–water partition coefficient (Wildman–Crippen LogP) is 9.89. The molecule has 0 radical (unpaired) electrons. The zero-order valence-corrected chi connectivity index (χ0v) is 45.7. The van der Waals surface area contributed by atoms with Crippen molar-refractivity contribution >= 4 is 5.91 Å². The van der Waals surface area contributed by atoms with Crippen molar-refractivity contribution < 1.29 is 64.6 Å². The van der Waals surface area contributed by atoms with E-state index >= 15 is 0 Å². The van der Waals surface area contributed by atoms with Gasteiger partial charge in [0.1, 0.15) is 48.8 Å². The molecule has 9 N–H and O–H groups in total. The quantitative estimate of drug-likeness (QED) is 0.0205. The van der Waals surface area contributed by atoms with Gasteiger partial charge in [0.15, 0.2) is 12.6 Å². The lowest BCUT2D eigenvalue weighted by Crippen LogP contribution is -2.65. The number of carbonyl (C=O) groups is 1. The van der Waals surface area contributed by atoms with Crippen LogP contribution in [-0.4, -0.2) is 140 Å². The molecule has 2 heterocycles. The molecule has 72 heavy (non-hydrogen) atoms. The maximum absolute atomic E-state index is 13.3. The molecule has 0 aromatic carbocycles. The van der Waals surface area contributed by atoms with Gasteiger partial charge in [-0.25, -0.2) is 0 Å². The highest BCUT2D eigenvalue weighted by Gasteiger charge is 2.51. The van der Waals surface area contributed by atoms with E-state index in [9.17, 15) is 45.6 Å². The molecule has 4 unspecified atom stereocenters. The van der Waals surface area contributed by atoms with Crippen LogP contribution in [0.5, 0.6) is 0 Å². The number of rotatable bonds is 48. The largest absolute Gasteiger partial charge is 0.394 e. The van der Waals surface area contributed by atoms with E-state index in [2.05, 4.69) is 19.2 Å². The fourth-order valence-electron chi connectivity index (χ4n) is 10.1. The molecule has 0 aliphatic carbocycles. The molecule has 0 aromatic heterocycles. The average Bonchev–Trinajstić information content (AvgIpc) is 3.38. The van der Waals surface area contributed by atoms with Crippen molar-refractivity contribution in [2.75, 3.05) is 19.8 Å². The van der Waals surface area contributed by atoms with Crippen molar-refractivity contribution in [3.63, 3.8) is 0 Å². The summed E-state index contributed by atoms with van der Waals surface area (Å²) in [6.07, 6.45) is 33.9. The highest BCUT2D eigenvalue weighted by atomic mass is 16.7. The minimum absolute atomic E-state index is 0.234. The van der Waals surface area contributed by atoms with Crippen LogP contribution in [0.3, 0.4) is 0 Å². The van der Waals surface area contributed by atoms with Crippen LogP contribution in [0.4, 0.5) is 0 Å². The van der Waals surface area contributed by atoms with Crippen molar-refractivity contribution in [1.82, 2.24) is 5.32 Å². The molecule has 0 saturated carbocycles. The Morgan fingerprint density at radius 2 is 0.861 bits per heavy atom. The number of aliphatic hydroxyl groups excluding tert-OH is 8. The van der Waals surface area contributed by atoms with Crippen molar-refractivity contribution in [3.05, 3.63) is 12.2 Å². The summed E-state index contributed by atoms with van der Waals surface area (Å²) in [5, 5.41) is 87.1. The molecule has 0 bridgehead atoms. The Balaban J connectivity index is 1.76. The Hall–Kier alpha value is -1.27. The van der Waals surface area contributed by atoms with Gasteiger partial charge in [-0.15, -0.1) is 0 Å². The Bertz CT molecular complexity index is 1260. The third kappa shape index (κ3) is 30.5. The Kier molecular flexibility index (Phi) is 41.6. The van der Waals surface area contributed by atoms with E-state index in [4.69, 9.17) is 18.9 Å². The minimum Gasteiger partial charge on any atom is -0.394 e. The van der Waals surface area contributed by atoms with Gasteiger partial charge in [-0.2, -0.15) is 0 Å². The molecule has 12 atom stereocenters. The first-order valence-corrected chi connectivity index (χ1v) is 29.9. The lowest BCUT2D eigenvalue weighted by molar-refractivity contribution is -0.359. The summed E-state index contributed by atoms with van der Waals surface area (Å²) >= 11 is 0. The van der Waals surface area contributed by atoms with Gasteiger partial charge in [0.05, 0.1) is 32.0 Å². The number of aliphatic hydroxyl groups is 8. The lowest BCUT2D eigenvalue weighted by Gasteiger charge is -2.46. The topological polar surface area (TPSA) is 228 Å². The van der Waals surface area contributed by atoms with Crippen molar-refractivity contribution in [2.24, 2.45) is 0 Å². The van der Waals surface area contributed by atoms with Crippen LogP contribution in [0.2, 0.25) is 0 Å². The summed E-state index contributed by atoms with van der Waals surface area (Å²) in [6, 6.07) is -0.909. The molecule has 2 rings (SSSR count). The van der Waals surface area contributed by atoms with Crippen LogP contribution < -0.4 is 5.32 Å². The summed E-state index contributed by atoms with van der Waals surface area (Å²) in [5.74, 6) is -0.234. The first-order chi connectivity index (χ1) is 35.1. The first-order valence-electron chi connectivity index (χ1n) is 29.9. The van der Waals surface area contributed by atoms with E-state index in [0.29, 0.717) is 6.42 Å². The van der Waals surface area contributed by atoms with Gasteiger partial charge in [0, 0.05) is 6.42 Å². The number of nitrogens with one attached hydrogen (secondary N) is 1. The number of allylic oxidation sites excluding steroid dienone is 1. The van der Waals surface area contributed by atoms with Crippen LogP contribution in [0.15, 0.2) is 12.2 Å². The van der Waals surface area contributed by atoms with Crippen molar-refractivity contribution in [1.29, 1.82) is 0 Å². The Morgan fingerprint density at radius 3 is 1.28 bits per heavy atom. The molecule has 0 spiro atoms. The maximum Gasteiger partial charge on any atom is 0.220 e. The number of hydrogen-bond acceptors (Lipinski definition) is 13. The van der Waals surface area contributed by atoms with Crippen molar-refractivity contribution in [2.45, 2.75) is 331 Å². The third-order valence-electron chi connectivity index (χ3n) is 15.0. The second-order valence-electron chi connectivity index (χ2n) is 21.5. The van der Waals surface area contributed by atoms with Crippen LogP contribution in [0.1, 0.15) is 258 Å². The predicted molar refractivity (Wildman–Crippen MR) is 286 cm³/mol. The minimum atomic E-state index is -1.79. The second kappa shape index (κ2) is 44.8. The summed E-state index contributed by atoms with van der Waals surface area (Å²) < 4.78 is 22.8. The van der Waals surface area contributed by atoms with Gasteiger partial charge in [-0.05, 0) is 19.3 Å². The second-order valence-corrected chi connectivity index (χ2v) is 21.5. The molecule has 2 saturated heterocycles. The van der Waals surface area contributed by atoms with E-state index in [0.717, 1.165) is 38.5 Å². The lowest BCUT2D eigenvalue weighted by atomic mass is 9.97.